The molecule has 0 fully saturated rings. The van der Waals surface area contributed by atoms with Crippen LogP contribution in [0.3, 0.4) is 0 Å². The van der Waals surface area contributed by atoms with Crippen LogP contribution in [0.4, 0.5) is 0 Å². The molecule has 0 heterocycles. The van der Waals surface area contributed by atoms with Crippen LogP contribution in [0, 0.1) is 10.1 Å². The third kappa shape index (κ3) is 3.31. The number of nitro groups is 1. The maximum atomic E-state index is 10.7. The van der Waals surface area contributed by atoms with E-state index >= 15 is 0 Å². The summed E-state index contributed by atoms with van der Waals surface area (Å²) in [6, 6.07) is 7.42. The van der Waals surface area contributed by atoms with Crippen molar-refractivity contribution in [3.63, 3.8) is 0 Å². The van der Waals surface area contributed by atoms with Crippen molar-refractivity contribution in [1.82, 2.24) is 0 Å². The number of benzene rings is 1. The molecular weight excluding hydrogens is 204 g/mol. The van der Waals surface area contributed by atoms with Crippen LogP contribution in [-0.2, 0) is 13.0 Å². The van der Waals surface area contributed by atoms with Crippen LogP contribution in [0.1, 0.15) is 30.9 Å². The van der Waals surface area contributed by atoms with Crippen LogP contribution in [0.25, 0.3) is 0 Å². The summed E-state index contributed by atoms with van der Waals surface area (Å²) in [6.45, 7) is 2.34. The number of nitrogens with two attached hydrogens (primary N) is 1. The first-order valence-electron chi connectivity index (χ1n) is 5.59. The Morgan fingerprint density at radius 3 is 2.50 bits per heavy atom. The average molecular weight is 222 g/mol. The summed E-state index contributed by atoms with van der Waals surface area (Å²) in [6.07, 6.45) is 1.89. The molecule has 4 nitrogen and oxygen atoms in total. The molecule has 4 heteroatoms. The predicted octanol–water partition coefficient (Wildman–Crippen LogP) is 2.13. The van der Waals surface area contributed by atoms with Gasteiger partial charge in [-0.1, -0.05) is 31.2 Å². The molecule has 1 unspecified atom stereocenters. The van der Waals surface area contributed by atoms with Crippen LogP contribution in [-0.4, -0.2) is 11.0 Å². The third-order valence-electron chi connectivity index (χ3n) is 2.85. The molecule has 0 aliphatic rings. The standard InChI is InChI=1S/C12H18N2O2/c1-2-12(14(15)16)8-7-10-5-3-4-6-11(10)9-13/h3-6,12H,2,7-9,13H2,1H3. The molecule has 0 bridgehead atoms. The Labute approximate surface area is 95.6 Å². The zero-order chi connectivity index (χ0) is 12.0. The molecule has 2 N–H and O–H groups in total. The molecular formula is C12H18N2O2. The summed E-state index contributed by atoms with van der Waals surface area (Å²) in [5.41, 5.74) is 7.83. The van der Waals surface area contributed by atoms with Gasteiger partial charge in [-0.15, -0.1) is 0 Å². The number of nitrogens with zero attached hydrogens (tertiary/aromatic N) is 1. The molecule has 0 spiro atoms. The molecule has 1 aromatic carbocycles. The number of hydrogen-bond acceptors (Lipinski definition) is 3. The Morgan fingerprint density at radius 2 is 2.00 bits per heavy atom. The second kappa shape index (κ2) is 6.23. The topological polar surface area (TPSA) is 69.2 Å². The second-order valence-electron chi connectivity index (χ2n) is 3.86. The minimum atomic E-state index is -0.439. The lowest BCUT2D eigenvalue weighted by Crippen LogP contribution is -2.19. The lowest BCUT2D eigenvalue weighted by molar-refractivity contribution is -0.523. The summed E-state index contributed by atoms with van der Waals surface area (Å²) in [4.78, 5) is 10.5. The van der Waals surface area contributed by atoms with Gasteiger partial charge in [0.1, 0.15) is 0 Å². The minimum absolute atomic E-state index is 0.189. The van der Waals surface area contributed by atoms with Gasteiger partial charge < -0.3 is 5.73 Å². The van der Waals surface area contributed by atoms with Crippen LogP contribution in [0.5, 0.6) is 0 Å². The molecule has 0 saturated heterocycles. The van der Waals surface area contributed by atoms with Crippen molar-refractivity contribution in [1.29, 1.82) is 0 Å². The number of rotatable bonds is 6. The summed E-state index contributed by atoms with van der Waals surface area (Å²) in [5, 5.41) is 10.7. The SMILES string of the molecule is CCC(CCc1ccccc1CN)[N+](=O)[O-]. The number of hydrogen-bond donors (Lipinski definition) is 1. The van der Waals surface area contributed by atoms with Gasteiger partial charge in [-0.2, -0.15) is 0 Å². The van der Waals surface area contributed by atoms with E-state index < -0.39 is 6.04 Å². The first-order valence-corrected chi connectivity index (χ1v) is 5.59. The van der Waals surface area contributed by atoms with E-state index in [0.29, 0.717) is 19.4 Å². The summed E-state index contributed by atoms with van der Waals surface area (Å²) in [7, 11) is 0. The van der Waals surface area contributed by atoms with Gasteiger partial charge in [0.2, 0.25) is 6.04 Å². The van der Waals surface area contributed by atoms with E-state index in [-0.39, 0.29) is 4.92 Å². The molecule has 0 aliphatic carbocycles. The molecule has 88 valence electrons. The third-order valence-corrected chi connectivity index (χ3v) is 2.85. The molecule has 1 atom stereocenters. The molecule has 0 radical (unpaired) electrons. The van der Waals surface area contributed by atoms with Gasteiger partial charge in [-0.25, -0.2) is 0 Å². The Bertz CT molecular complexity index is 353. The molecule has 16 heavy (non-hydrogen) atoms. The molecule has 0 amide bonds. The fraction of sp³-hybridized carbons (Fsp3) is 0.500. The molecule has 0 aliphatic heterocycles. The van der Waals surface area contributed by atoms with Crippen molar-refractivity contribution in [3.05, 3.63) is 45.5 Å². The first kappa shape index (κ1) is 12.6. The van der Waals surface area contributed by atoms with Crippen molar-refractivity contribution >= 4 is 0 Å². The second-order valence-corrected chi connectivity index (χ2v) is 3.86. The highest BCUT2D eigenvalue weighted by atomic mass is 16.6. The predicted molar refractivity (Wildman–Crippen MR) is 63.7 cm³/mol. The molecule has 0 aromatic heterocycles. The van der Waals surface area contributed by atoms with E-state index in [9.17, 15) is 10.1 Å². The van der Waals surface area contributed by atoms with Gasteiger partial charge in [0, 0.05) is 24.3 Å². The summed E-state index contributed by atoms with van der Waals surface area (Å²) >= 11 is 0. The maximum absolute atomic E-state index is 10.7. The highest BCUT2D eigenvalue weighted by molar-refractivity contribution is 5.26. The Balaban J connectivity index is 2.63. The minimum Gasteiger partial charge on any atom is -0.326 e. The van der Waals surface area contributed by atoms with Crippen molar-refractivity contribution in [2.24, 2.45) is 5.73 Å². The Morgan fingerprint density at radius 1 is 1.38 bits per heavy atom. The lowest BCUT2D eigenvalue weighted by atomic mass is 9.99. The van der Waals surface area contributed by atoms with Gasteiger partial charge in [-0.05, 0) is 17.5 Å². The van der Waals surface area contributed by atoms with E-state index in [1.807, 2.05) is 31.2 Å². The van der Waals surface area contributed by atoms with Gasteiger partial charge in [0.25, 0.3) is 0 Å². The van der Waals surface area contributed by atoms with Gasteiger partial charge in [0.15, 0.2) is 0 Å². The largest absolute Gasteiger partial charge is 0.326 e. The highest BCUT2D eigenvalue weighted by Crippen LogP contribution is 2.13. The fourth-order valence-corrected chi connectivity index (χ4v) is 1.78. The highest BCUT2D eigenvalue weighted by Gasteiger charge is 2.17. The number of aryl methyl sites for hydroxylation is 1. The smallest absolute Gasteiger partial charge is 0.213 e. The van der Waals surface area contributed by atoms with Crippen LogP contribution < -0.4 is 5.73 Å². The van der Waals surface area contributed by atoms with Gasteiger partial charge in [-0.3, -0.25) is 10.1 Å². The zero-order valence-electron chi connectivity index (χ0n) is 9.56. The van der Waals surface area contributed by atoms with Crippen LogP contribution in [0.2, 0.25) is 0 Å². The lowest BCUT2D eigenvalue weighted by Gasteiger charge is -2.09. The van der Waals surface area contributed by atoms with Gasteiger partial charge in [0.05, 0.1) is 0 Å². The Kier molecular flexibility index (Phi) is 4.92. The Hall–Kier alpha value is -1.42. The normalized spacial score (nSPS) is 12.4. The quantitative estimate of drug-likeness (QED) is 0.592. The zero-order valence-corrected chi connectivity index (χ0v) is 9.56. The van der Waals surface area contributed by atoms with Gasteiger partial charge >= 0.3 is 0 Å². The summed E-state index contributed by atoms with van der Waals surface area (Å²) < 4.78 is 0. The van der Waals surface area contributed by atoms with E-state index in [1.165, 1.54) is 0 Å². The summed E-state index contributed by atoms with van der Waals surface area (Å²) in [5.74, 6) is 0. The monoisotopic (exact) mass is 222 g/mol. The molecule has 0 saturated carbocycles. The van der Waals surface area contributed by atoms with E-state index in [1.54, 1.807) is 0 Å². The van der Waals surface area contributed by atoms with Crippen LogP contribution >= 0.6 is 0 Å². The molecule has 1 aromatic rings. The average Bonchev–Trinajstić information content (AvgIpc) is 2.30. The van der Waals surface area contributed by atoms with Crippen molar-refractivity contribution < 1.29 is 4.92 Å². The van der Waals surface area contributed by atoms with E-state index in [2.05, 4.69) is 0 Å². The van der Waals surface area contributed by atoms with Crippen LogP contribution in [0.15, 0.2) is 24.3 Å². The van der Waals surface area contributed by atoms with E-state index in [4.69, 9.17) is 5.73 Å². The fourth-order valence-electron chi connectivity index (χ4n) is 1.78. The van der Waals surface area contributed by atoms with Crippen molar-refractivity contribution in [2.45, 2.75) is 38.8 Å². The van der Waals surface area contributed by atoms with Crippen molar-refractivity contribution in [2.75, 3.05) is 0 Å². The maximum Gasteiger partial charge on any atom is 0.213 e. The van der Waals surface area contributed by atoms with E-state index in [0.717, 1.165) is 17.5 Å². The van der Waals surface area contributed by atoms with Crippen molar-refractivity contribution in [3.8, 4) is 0 Å². The molecule has 1 rings (SSSR count). The first-order chi connectivity index (χ1) is 7.69.